The van der Waals surface area contributed by atoms with Gasteiger partial charge in [-0.1, -0.05) is 12.1 Å². The quantitative estimate of drug-likeness (QED) is 0.808. The Hall–Kier alpha value is -1.56. The average Bonchev–Trinajstić information content (AvgIpc) is 2.33. The molecule has 0 saturated carbocycles. The fraction of sp³-hybridized carbons (Fsp3) is 0.0769. The molecule has 19 heavy (non-hydrogen) atoms. The molecule has 6 heteroatoms. The van der Waals surface area contributed by atoms with Crippen LogP contribution in [0.1, 0.15) is 5.56 Å². The maximum absolute atomic E-state index is 13.4. The Morgan fingerprint density at radius 3 is 2.21 bits per heavy atom. The van der Waals surface area contributed by atoms with Crippen LogP contribution < -0.4 is 5.32 Å². The van der Waals surface area contributed by atoms with Crippen molar-refractivity contribution in [2.45, 2.75) is 6.54 Å². The highest BCUT2D eigenvalue weighted by molar-refractivity contribution is 9.10. The first-order chi connectivity index (χ1) is 8.99. The predicted molar refractivity (Wildman–Crippen MR) is 67.7 cm³/mol. The van der Waals surface area contributed by atoms with E-state index in [1.54, 1.807) is 6.07 Å². The lowest BCUT2D eigenvalue weighted by atomic mass is 10.2. The first-order valence-corrected chi connectivity index (χ1v) is 6.09. The molecule has 2 aromatic rings. The summed E-state index contributed by atoms with van der Waals surface area (Å²) in [6, 6.07) is 5.48. The van der Waals surface area contributed by atoms with Crippen molar-refractivity contribution in [3.8, 4) is 0 Å². The van der Waals surface area contributed by atoms with Crippen molar-refractivity contribution in [2.75, 3.05) is 5.32 Å². The highest BCUT2D eigenvalue weighted by Crippen LogP contribution is 2.24. The second-order valence-electron chi connectivity index (χ2n) is 3.81. The van der Waals surface area contributed by atoms with E-state index in [0.29, 0.717) is 17.7 Å². The number of hydrogen-bond donors (Lipinski definition) is 1. The molecule has 0 aliphatic carbocycles. The van der Waals surface area contributed by atoms with Crippen molar-refractivity contribution in [3.63, 3.8) is 0 Å². The first kappa shape index (κ1) is 13.9. The van der Waals surface area contributed by atoms with Gasteiger partial charge in [-0.3, -0.25) is 0 Å². The summed E-state index contributed by atoms with van der Waals surface area (Å²) in [7, 11) is 0. The van der Waals surface area contributed by atoms with E-state index in [2.05, 4.69) is 21.2 Å². The minimum atomic E-state index is -1.04. The van der Waals surface area contributed by atoms with Gasteiger partial charge in [0.25, 0.3) is 0 Å². The topological polar surface area (TPSA) is 12.0 Å². The largest absolute Gasteiger partial charge is 0.376 e. The molecule has 0 aliphatic heterocycles. The number of nitrogens with one attached hydrogen (secondary N) is 1. The van der Waals surface area contributed by atoms with E-state index in [-0.39, 0.29) is 11.0 Å². The third kappa shape index (κ3) is 3.07. The molecule has 0 heterocycles. The molecule has 0 unspecified atom stereocenters. The Kier molecular flexibility index (Phi) is 4.09. The van der Waals surface area contributed by atoms with Crippen molar-refractivity contribution in [3.05, 3.63) is 63.6 Å². The van der Waals surface area contributed by atoms with Crippen LogP contribution in [0.4, 0.5) is 23.2 Å². The molecule has 0 atom stereocenters. The van der Waals surface area contributed by atoms with Gasteiger partial charge in [0.1, 0.15) is 17.3 Å². The fourth-order valence-corrected chi connectivity index (χ4v) is 1.98. The average molecular weight is 334 g/mol. The van der Waals surface area contributed by atoms with E-state index in [4.69, 9.17) is 0 Å². The van der Waals surface area contributed by atoms with Crippen molar-refractivity contribution in [2.24, 2.45) is 0 Å². The minimum absolute atomic E-state index is 0.00217. The Balaban J connectivity index is 2.22. The molecule has 0 radical (unpaired) electrons. The molecule has 0 aliphatic rings. The van der Waals surface area contributed by atoms with E-state index in [1.807, 2.05) is 0 Å². The van der Waals surface area contributed by atoms with E-state index in [9.17, 15) is 17.6 Å². The SMILES string of the molecule is Fc1cc(F)c(NCc2cccc(F)c2Br)c(F)c1. The lowest BCUT2D eigenvalue weighted by Gasteiger charge is -2.10. The molecule has 2 rings (SSSR count). The zero-order chi connectivity index (χ0) is 14.0. The summed E-state index contributed by atoms with van der Waals surface area (Å²) in [5.41, 5.74) is 0.0423. The van der Waals surface area contributed by atoms with Crippen LogP contribution in [0.25, 0.3) is 0 Å². The molecule has 0 bridgehead atoms. The van der Waals surface area contributed by atoms with Gasteiger partial charge in [-0.25, -0.2) is 17.6 Å². The van der Waals surface area contributed by atoms with Crippen LogP contribution in [-0.4, -0.2) is 0 Å². The van der Waals surface area contributed by atoms with Crippen molar-refractivity contribution >= 4 is 21.6 Å². The van der Waals surface area contributed by atoms with Gasteiger partial charge >= 0.3 is 0 Å². The molecule has 100 valence electrons. The molecule has 2 aromatic carbocycles. The lowest BCUT2D eigenvalue weighted by molar-refractivity contribution is 0.547. The summed E-state index contributed by atoms with van der Waals surface area (Å²) in [5.74, 6) is -3.54. The normalized spacial score (nSPS) is 10.6. The third-order valence-corrected chi connectivity index (χ3v) is 3.38. The molecule has 0 amide bonds. The van der Waals surface area contributed by atoms with E-state index < -0.39 is 29.0 Å². The number of benzene rings is 2. The maximum Gasteiger partial charge on any atom is 0.152 e. The zero-order valence-corrected chi connectivity index (χ0v) is 11.1. The summed E-state index contributed by atoms with van der Waals surface area (Å²) >= 11 is 3.04. The molecule has 0 saturated heterocycles. The van der Waals surface area contributed by atoms with Crippen LogP contribution in [-0.2, 0) is 6.54 Å². The summed E-state index contributed by atoms with van der Waals surface area (Å²) in [6.07, 6.45) is 0. The van der Waals surface area contributed by atoms with Gasteiger partial charge in [0.15, 0.2) is 11.6 Å². The van der Waals surface area contributed by atoms with Gasteiger partial charge in [-0.2, -0.15) is 0 Å². The lowest BCUT2D eigenvalue weighted by Crippen LogP contribution is -2.05. The summed E-state index contributed by atoms with van der Waals surface area (Å²) < 4.78 is 52.9. The Morgan fingerprint density at radius 1 is 0.947 bits per heavy atom. The molecule has 0 aromatic heterocycles. The van der Waals surface area contributed by atoms with E-state index in [1.165, 1.54) is 12.1 Å². The Labute approximate surface area is 115 Å². The van der Waals surface area contributed by atoms with Crippen LogP contribution in [0.2, 0.25) is 0 Å². The number of rotatable bonds is 3. The number of hydrogen-bond acceptors (Lipinski definition) is 1. The number of anilines is 1. The van der Waals surface area contributed by atoms with Crippen LogP contribution in [0.5, 0.6) is 0 Å². The molecule has 1 N–H and O–H groups in total. The van der Waals surface area contributed by atoms with Gasteiger partial charge in [-0.15, -0.1) is 0 Å². The van der Waals surface area contributed by atoms with Gasteiger partial charge in [0.2, 0.25) is 0 Å². The van der Waals surface area contributed by atoms with Crippen LogP contribution in [0.15, 0.2) is 34.8 Å². The highest BCUT2D eigenvalue weighted by atomic mass is 79.9. The van der Waals surface area contributed by atoms with Crippen molar-refractivity contribution < 1.29 is 17.6 Å². The maximum atomic E-state index is 13.4. The van der Waals surface area contributed by atoms with E-state index in [0.717, 1.165) is 0 Å². The molecule has 0 fully saturated rings. The van der Waals surface area contributed by atoms with Crippen LogP contribution >= 0.6 is 15.9 Å². The standard InChI is InChI=1S/C13H8BrF4N/c14-12-7(2-1-3-9(12)16)6-19-13-10(17)4-8(15)5-11(13)18/h1-5,19H,6H2. The molecular formula is C13H8BrF4N. The van der Waals surface area contributed by atoms with Gasteiger partial charge in [-0.05, 0) is 27.6 Å². The zero-order valence-electron chi connectivity index (χ0n) is 9.48. The highest BCUT2D eigenvalue weighted by Gasteiger charge is 2.12. The second kappa shape index (κ2) is 5.61. The third-order valence-electron chi connectivity index (χ3n) is 2.49. The van der Waals surface area contributed by atoms with Crippen molar-refractivity contribution in [1.29, 1.82) is 0 Å². The number of halogens is 5. The summed E-state index contributed by atoms with van der Waals surface area (Å²) in [4.78, 5) is 0. The predicted octanol–water partition coefficient (Wildman–Crippen LogP) is 4.62. The monoisotopic (exact) mass is 333 g/mol. The van der Waals surface area contributed by atoms with Gasteiger partial charge < -0.3 is 5.32 Å². The minimum Gasteiger partial charge on any atom is -0.376 e. The van der Waals surface area contributed by atoms with Crippen LogP contribution in [0, 0.1) is 23.3 Å². The van der Waals surface area contributed by atoms with Crippen molar-refractivity contribution in [1.82, 2.24) is 0 Å². The summed E-state index contributed by atoms with van der Waals surface area (Å²) in [6.45, 7) is -0.00217. The van der Waals surface area contributed by atoms with E-state index >= 15 is 0 Å². The molecule has 0 spiro atoms. The van der Waals surface area contributed by atoms with Crippen LogP contribution in [0.3, 0.4) is 0 Å². The fourth-order valence-electron chi connectivity index (χ4n) is 1.58. The summed E-state index contributed by atoms with van der Waals surface area (Å²) in [5, 5.41) is 2.48. The molecular weight excluding hydrogens is 326 g/mol. The molecule has 1 nitrogen and oxygen atoms in total. The first-order valence-electron chi connectivity index (χ1n) is 5.30. The second-order valence-corrected chi connectivity index (χ2v) is 4.60. The smallest absolute Gasteiger partial charge is 0.152 e. The Morgan fingerprint density at radius 2 is 1.58 bits per heavy atom. The van der Waals surface area contributed by atoms with Gasteiger partial charge in [0, 0.05) is 18.7 Å². The van der Waals surface area contributed by atoms with Gasteiger partial charge in [0.05, 0.1) is 4.47 Å². The Bertz CT molecular complexity index is 593.